The van der Waals surface area contributed by atoms with Gasteiger partial charge in [0.15, 0.2) is 0 Å². The lowest BCUT2D eigenvalue weighted by Gasteiger charge is -2.10. The first-order valence-corrected chi connectivity index (χ1v) is 5.98. The lowest BCUT2D eigenvalue weighted by atomic mass is 9.98. The van der Waals surface area contributed by atoms with Crippen LogP contribution >= 0.6 is 0 Å². The molecular weight excluding hydrogens is 270 g/mol. The number of hydrogen-bond donors (Lipinski definition) is 1. The fourth-order valence-corrected chi connectivity index (χ4v) is 1.97. The van der Waals surface area contributed by atoms with Crippen LogP contribution in [0.15, 0.2) is 36.4 Å². The van der Waals surface area contributed by atoms with E-state index in [9.17, 15) is 17.6 Å². The number of benzene rings is 2. The largest absolute Gasteiger partial charge is 0.416 e. The minimum Gasteiger partial charge on any atom is -0.398 e. The van der Waals surface area contributed by atoms with Gasteiger partial charge in [-0.15, -0.1) is 0 Å². The van der Waals surface area contributed by atoms with Crippen LogP contribution in [-0.2, 0) is 12.6 Å². The smallest absolute Gasteiger partial charge is 0.398 e. The summed E-state index contributed by atoms with van der Waals surface area (Å²) in [5, 5.41) is 0. The second-order valence-corrected chi connectivity index (χ2v) is 4.65. The zero-order valence-electron chi connectivity index (χ0n) is 10.8. The molecule has 0 bridgehead atoms. The number of hydrogen-bond acceptors (Lipinski definition) is 1. The standard InChI is InChI=1S/C15H13F4N/c1-9-11(7-13(16)8-14(9)20)6-10-2-4-12(5-3-10)15(17,18)19/h2-5,7-8H,6,20H2,1H3. The molecule has 0 fully saturated rings. The van der Waals surface area contributed by atoms with Gasteiger partial charge in [-0.1, -0.05) is 12.1 Å². The first kappa shape index (κ1) is 14.4. The molecule has 0 saturated heterocycles. The fourth-order valence-electron chi connectivity index (χ4n) is 1.97. The van der Waals surface area contributed by atoms with Gasteiger partial charge in [0.2, 0.25) is 0 Å². The summed E-state index contributed by atoms with van der Waals surface area (Å²) in [7, 11) is 0. The molecular formula is C15H13F4N. The lowest BCUT2D eigenvalue weighted by molar-refractivity contribution is -0.137. The Morgan fingerprint density at radius 2 is 1.65 bits per heavy atom. The number of nitrogens with two attached hydrogens (primary N) is 1. The first-order chi connectivity index (χ1) is 9.27. The molecule has 0 saturated carbocycles. The van der Waals surface area contributed by atoms with E-state index in [0.717, 1.165) is 17.7 Å². The van der Waals surface area contributed by atoms with Gasteiger partial charge in [-0.25, -0.2) is 4.39 Å². The van der Waals surface area contributed by atoms with Gasteiger partial charge >= 0.3 is 6.18 Å². The van der Waals surface area contributed by atoms with Crippen molar-refractivity contribution < 1.29 is 17.6 Å². The molecule has 2 aromatic carbocycles. The van der Waals surface area contributed by atoms with E-state index in [1.165, 1.54) is 24.3 Å². The van der Waals surface area contributed by atoms with E-state index in [4.69, 9.17) is 5.73 Å². The Kier molecular flexibility index (Phi) is 3.70. The predicted octanol–water partition coefficient (Wildman–Crippen LogP) is 4.33. The van der Waals surface area contributed by atoms with Crippen molar-refractivity contribution in [2.45, 2.75) is 19.5 Å². The van der Waals surface area contributed by atoms with Gasteiger partial charge in [-0.2, -0.15) is 13.2 Å². The topological polar surface area (TPSA) is 26.0 Å². The number of anilines is 1. The molecule has 0 aliphatic rings. The zero-order valence-corrected chi connectivity index (χ0v) is 10.8. The molecule has 0 aliphatic heterocycles. The van der Waals surface area contributed by atoms with E-state index in [1.807, 2.05) is 0 Å². The maximum atomic E-state index is 13.3. The SMILES string of the molecule is Cc1c(N)cc(F)cc1Cc1ccc(C(F)(F)F)cc1. The monoisotopic (exact) mass is 283 g/mol. The van der Waals surface area contributed by atoms with E-state index in [0.29, 0.717) is 23.2 Å². The molecule has 20 heavy (non-hydrogen) atoms. The summed E-state index contributed by atoms with van der Waals surface area (Å²) in [4.78, 5) is 0. The van der Waals surface area contributed by atoms with Crippen LogP contribution in [0.1, 0.15) is 22.3 Å². The van der Waals surface area contributed by atoms with Crippen LogP contribution in [-0.4, -0.2) is 0 Å². The van der Waals surface area contributed by atoms with Gasteiger partial charge in [-0.3, -0.25) is 0 Å². The van der Waals surface area contributed by atoms with Gasteiger partial charge in [-0.05, 0) is 54.3 Å². The van der Waals surface area contributed by atoms with Crippen LogP contribution in [0.5, 0.6) is 0 Å². The molecule has 2 aromatic rings. The molecule has 0 aromatic heterocycles. The third-order valence-corrected chi connectivity index (χ3v) is 3.20. The van der Waals surface area contributed by atoms with Crippen LogP contribution in [0.4, 0.5) is 23.2 Å². The van der Waals surface area contributed by atoms with Crippen LogP contribution < -0.4 is 5.73 Å². The summed E-state index contributed by atoms with van der Waals surface area (Å²) in [6.45, 7) is 1.76. The van der Waals surface area contributed by atoms with E-state index < -0.39 is 17.6 Å². The molecule has 1 nitrogen and oxygen atoms in total. The minimum absolute atomic E-state index is 0.339. The summed E-state index contributed by atoms with van der Waals surface area (Å²) in [6, 6.07) is 7.41. The Morgan fingerprint density at radius 3 is 2.20 bits per heavy atom. The first-order valence-electron chi connectivity index (χ1n) is 5.98. The highest BCUT2D eigenvalue weighted by Crippen LogP contribution is 2.29. The average molecular weight is 283 g/mol. The average Bonchev–Trinajstić information content (AvgIpc) is 2.35. The van der Waals surface area contributed by atoms with Gasteiger partial charge in [0.25, 0.3) is 0 Å². The van der Waals surface area contributed by atoms with Crippen molar-refractivity contribution in [2.24, 2.45) is 0 Å². The van der Waals surface area contributed by atoms with Gasteiger partial charge in [0, 0.05) is 5.69 Å². The normalized spacial score (nSPS) is 11.7. The molecule has 0 aliphatic carbocycles. The highest BCUT2D eigenvalue weighted by Gasteiger charge is 2.29. The molecule has 0 heterocycles. The third kappa shape index (κ3) is 3.10. The number of nitrogen functional groups attached to an aromatic ring is 1. The number of rotatable bonds is 2. The van der Waals surface area contributed by atoms with Gasteiger partial charge in [0.1, 0.15) is 5.82 Å². The number of alkyl halides is 3. The van der Waals surface area contributed by atoms with Crippen LogP contribution in [0.2, 0.25) is 0 Å². The molecule has 106 valence electrons. The second kappa shape index (κ2) is 5.15. The minimum atomic E-state index is -4.35. The van der Waals surface area contributed by atoms with E-state index in [1.54, 1.807) is 6.92 Å². The Morgan fingerprint density at radius 1 is 1.05 bits per heavy atom. The Bertz CT molecular complexity index is 615. The highest BCUT2D eigenvalue weighted by atomic mass is 19.4. The summed E-state index contributed by atoms with van der Waals surface area (Å²) in [5.74, 6) is -0.449. The van der Waals surface area contributed by atoms with Crippen LogP contribution in [0.25, 0.3) is 0 Å². The third-order valence-electron chi connectivity index (χ3n) is 3.20. The van der Waals surface area contributed by atoms with E-state index >= 15 is 0 Å². The predicted molar refractivity (Wildman–Crippen MR) is 69.8 cm³/mol. The van der Waals surface area contributed by atoms with E-state index in [2.05, 4.69) is 0 Å². The molecule has 0 radical (unpaired) electrons. The molecule has 2 N–H and O–H groups in total. The summed E-state index contributed by atoms with van der Waals surface area (Å²) < 4.78 is 50.7. The van der Waals surface area contributed by atoms with Crippen LogP contribution in [0.3, 0.4) is 0 Å². The summed E-state index contributed by atoms with van der Waals surface area (Å²) in [6.07, 6.45) is -4.01. The Balaban J connectivity index is 2.27. The molecule has 0 amide bonds. The van der Waals surface area contributed by atoms with E-state index in [-0.39, 0.29) is 0 Å². The summed E-state index contributed by atoms with van der Waals surface area (Å²) >= 11 is 0. The number of halogens is 4. The van der Waals surface area contributed by atoms with Crippen molar-refractivity contribution in [1.29, 1.82) is 0 Å². The quantitative estimate of drug-likeness (QED) is 0.644. The van der Waals surface area contributed by atoms with Crippen LogP contribution in [0, 0.1) is 12.7 Å². The fraction of sp³-hybridized carbons (Fsp3) is 0.200. The molecule has 5 heteroatoms. The second-order valence-electron chi connectivity index (χ2n) is 4.65. The Labute approximate surface area is 114 Å². The molecule has 0 atom stereocenters. The lowest BCUT2D eigenvalue weighted by Crippen LogP contribution is -2.05. The maximum Gasteiger partial charge on any atom is 0.416 e. The molecule has 0 unspecified atom stereocenters. The van der Waals surface area contributed by atoms with Crippen molar-refractivity contribution in [3.05, 3.63) is 64.5 Å². The maximum absolute atomic E-state index is 13.3. The van der Waals surface area contributed by atoms with Crippen molar-refractivity contribution in [1.82, 2.24) is 0 Å². The summed E-state index contributed by atoms with van der Waals surface area (Å²) in [5.41, 5.74) is 7.39. The molecule has 0 spiro atoms. The van der Waals surface area contributed by atoms with Crippen molar-refractivity contribution in [3.63, 3.8) is 0 Å². The van der Waals surface area contributed by atoms with Crippen molar-refractivity contribution in [3.8, 4) is 0 Å². The highest BCUT2D eigenvalue weighted by molar-refractivity contribution is 5.51. The zero-order chi connectivity index (χ0) is 14.9. The van der Waals surface area contributed by atoms with Gasteiger partial charge < -0.3 is 5.73 Å². The molecule has 2 rings (SSSR count). The Hall–Kier alpha value is -2.04. The van der Waals surface area contributed by atoms with Crippen molar-refractivity contribution >= 4 is 5.69 Å². The van der Waals surface area contributed by atoms with Crippen molar-refractivity contribution in [2.75, 3.05) is 5.73 Å². The van der Waals surface area contributed by atoms with Gasteiger partial charge in [0.05, 0.1) is 5.56 Å².